The SMILES string of the molecule is C=C.C=CC.CN(C)C. The van der Waals surface area contributed by atoms with Crippen LogP contribution in [-0.4, -0.2) is 26.0 Å². The molecule has 0 aromatic rings. The van der Waals surface area contributed by atoms with E-state index in [2.05, 4.69) is 19.7 Å². The van der Waals surface area contributed by atoms with E-state index >= 15 is 0 Å². The minimum atomic E-state index is 1.75. The van der Waals surface area contributed by atoms with Gasteiger partial charge in [0.05, 0.1) is 0 Å². The van der Waals surface area contributed by atoms with Gasteiger partial charge in [0.15, 0.2) is 0 Å². The average Bonchev–Trinajstić information content (AvgIpc) is 1.71. The Hall–Kier alpha value is -0.560. The number of hydrogen-bond acceptors (Lipinski definition) is 1. The third kappa shape index (κ3) is 702. The van der Waals surface area contributed by atoms with Gasteiger partial charge in [-0.15, -0.1) is 19.7 Å². The monoisotopic (exact) mass is 129 g/mol. The van der Waals surface area contributed by atoms with Crippen LogP contribution >= 0.6 is 0 Å². The smallest absolute Gasteiger partial charge is 0.0140 e. The van der Waals surface area contributed by atoms with Crippen molar-refractivity contribution in [1.82, 2.24) is 4.90 Å². The molecule has 0 unspecified atom stereocenters. The number of rotatable bonds is 0. The molecule has 0 aromatic heterocycles. The highest BCUT2D eigenvalue weighted by Gasteiger charge is 1.58. The summed E-state index contributed by atoms with van der Waals surface area (Å²) in [7, 11) is 6.00. The second-order valence-corrected chi connectivity index (χ2v) is 1.75. The van der Waals surface area contributed by atoms with E-state index in [0.717, 1.165) is 0 Å². The predicted molar refractivity (Wildman–Crippen MR) is 46.7 cm³/mol. The molecule has 0 fully saturated rings. The lowest BCUT2D eigenvalue weighted by molar-refractivity contribution is 0.505. The fourth-order valence-corrected chi connectivity index (χ4v) is 0. The highest BCUT2D eigenvalue weighted by Crippen LogP contribution is 1.47. The molecule has 0 aliphatic heterocycles. The fraction of sp³-hybridized carbons (Fsp3) is 0.500. The van der Waals surface area contributed by atoms with E-state index in [9.17, 15) is 0 Å². The zero-order valence-corrected chi connectivity index (χ0v) is 7.15. The molecule has 0 aliphatic carbocycles. The molecule has 0 bridgehead atoms. The molecule has 56 valence electrons. The lowest BCUT2D eigenvalue weighted by Gasteiger charge is -1.90. The van der Waals surface area contributed by atoms with Crippen LogP contribution in [-0.2, 0) is 0 Å². The summed E-state index contributed by atoms with van der Waals surface area (Å²) in [5, 5.41) is 0. The van der Waals surface area contributed by atoms with Crippen LogP contribution in [0.3, 0.4) is 0 Å². The summed E-state index contributed by atoms with van der Waals surface area (Å²) >= 11 is 0. The van der Waals surface area contributed by atoms with E-state index in [1.807, 2.05) is 33.0 Å². The van der Waals surface area contributed by atoms with Crippen molar-refractivity contribution in [2.24, 2.45) is 0 Å². The highest BCUT2D eigenvalue weighted by molar-refractivity contribution is 4.51. The van der Waals surface area contributed by atoms with E-state index in [0.29, 0.717) is 0 Å². The number of allylic oxidation sites excluding steroid dienone is 1. The van der Waals surface area contributed by atoms with Crippen molar-refractivity contribution < 1.29 is 0 Å². The maximum absolute atomic E-state index is 3.36. The Morgan fingerprint density at radius 1 is 1.11 bits per heavy atom. The molecule has 9 heavy (non-hydrogen) atoms. The Balaban J connectivity index is -0.0000000646. The molecule has 0 atom stereocenters. The largest absolute Gasteiger partial charge is 0.312 e. The second kappa shape index (κ2) is 26.1. The van der Waals surface area contributed by atoms with Crippen LogP contribution in [0.15, 0.2) is 25.8 Å². The summed E-state index contributed by atoms with van der Waals surface area (Å²) in [4.78, 5) is 2.00. The van der Waals surface area contributed by atoms with Gasteiger partial charge >= 0.3 is 0 Å². The van der Waals surface area contributed by atoms with E-state index in [1.54, 1.807) is 6.08 Å². The van der Waals surface area contributed by atoms with Gasteiger partial charge in [0.2, 0.25) is 0 Å². The van der Waals surface area contributed by atoms with Crippen molar-refractivity contribution >= 4 is 0 Å². The van der Waals surface area contributed by atoms with Crippen LogP contribution in [0.1, 0.15) is 6.92 Å². The molecule has 1 heteroatoms. The van der Waals surface area contributed by atoms with Crippen LogP contribution in [0.2, 0.25) is 0 Å². The first-order valence-corrected chi connectivity index (χ1v) is 2.83. The molecule has 0 saturated heterocycles. The Kier molecular flexibility index (Phi) is 45.7. The van der Waals surface area contributed by atoms with Crippen LogP contribution in [0, 0.1) is 0 Å². The lowest BCUT2D eigenvalue weighted by atomic mass is 10.8. The maximum Gasteiger partial charge on any atom is -0.0140 e. The quantitative estimate of drug-likeness (QED) is 0.453. The van der Waals surface area contributed by atoms with Gasteiger partial charge in [0.1, 0.15) is 0 Å². The van der Waals surface area contributed by atoms with Gasteiger partial charge in [0, 0.05) is 0 Å². The van der Waals surface area contributed by atoms with Crippen LogP contribution in [0.4, 0.5) is 0 Å². The van der Waals surface area contributed by atoms with Gasteiger partial charge in [-0.3, -0.25) is 0 Å². The molecule has 0 rings (SSSR count). The summed E-state index contributed by atoms with van der Waals surface area (Å²) in [6, 6.07) is 0. The second-order valence-electron chi connectivity index (χ2n) is 1.75. The first kappa shape index (κ1) is 15.8. The van der Waals surface area contributed by atoms with Crippen molar-refractivity contribution in [3.63, 3.8) is 0 Å². The Bertz CT molecular complexity index is 37.1. The summed E-state index contributed by atoms with van der Waals surface area (Å²) in [5.74, 6) is 0. The van der Waals surface area contributed by atoms with Crippen LogP contribution < -0.4 is 0 Å². The first-order chi connectivity index (χ1) is 4.15. The summed E-state index contributed by atoms with van der Waals surface area (Å²) in [6.07, 6.45) is 1.75. The normalized spacial score (nSPS) is 5.89. The molecule has 0 saturated carbocycles. The Morgan fingerprint density at radius 3 is 1.11 bits per heavy atom. The summed E-state index contributed by atoms with van der Waals surface area (Å²) in [5.41, 5.74) is 0. The molecule has 0 aliphatic rings. The zero-order chi connectivity index (χ0) is 8.28. The molecule has 0 aromatic carbocycles. The van der Waals surface area contributed by atoms with Crippen molar-refractivity contribution in [2.45, 2.75) is 6.92 Å². The summed E-state index contributed by atoms with van der Waals surface area (Å²) < 4.78 is 0. The third-order valence-electron chi connectivity index (χ3n) is 0. The van der Waals surface area contributed by atoms with Gasteiger partial charge in [0.25, 0.3) is 0 Å². The predicted octanol–water partition coefficient (Wildman–Crippen LogP) is 2.17. The minimum Gasteiger partial charge on any atom is -0.312 e. The first-order valence-electron chi connectivity index (χ1n) is 2.83. The maximum atomic E-state index is 3.36. The van der Waals surface area contributed by atoms with Crippen molar-refractivity contribution in [3.8, 4) is 0 Å². The molecular weight excluding hydrogens is 110 g/mol. The molecule has 0 heterocycles. The fourth-order valence-electron chi connectivity index (χ4n) is 0. The van der Waals surface area contributed by atoms with Crippen molar-refractivity contribution in [2.75, 3.05) is 21.1 Å². The lowest BCUT2D eigenvalue weighted by Crippen LogP contribution is -1.99. The molecular formula is C8H19N. The van der Waals surface area contributed by atoms with Crippen LogP contribution in [0.5, 0.6) is 0 Å². The summed E-state index contributed by atoms with van der Waals surface area (Å²) in [6.45, 7) is 11.2. The highest BCUT2D eigenvalue weighted by atomic mass is 15.0. The van der Waals surface area contributed by atoms with Gasteiger partial charge in [-0.05, 0) is 28.1 Å². The number of hydrogen-bond donors (Lipinski definition) is 0. The third-order valence-corrected chi connectivity index (χ3v) is 0. The van der Waals surface area contributed by atoms with Gasteiger partial charge < -0.3 is 4.90 Å². The topological polar surface area (TPSA) is 3.24 Å². The van der Waals surface area contributed by atoms with E-state index in [1.165, 1.54) is 0 Å². The van der Waals surface area contributed by atoms with Gasteiger partial charge in [-0.2, -0.15) is 0 Å². The number of nitrogens with zero attached hydrogens (tertiary/aromatic N) is 1. The van der Waals surface area contributed by atoms with E-state index < -0.39 is 0 Å². The van der Waals surface area contributed by atoms with Crippen molar-refractivity contribution in [3.05, 3.63) is 25.8 Å². The Morgan fingerprint density at radius 2 is 1.11 bits per heavy atom. The standard InChI is InChI=1S/C3H9N.C3H6.C2H4/c1-4(2)3;1-3-2;1-2/h1-3H3;3H,1H2,2H3;1-2H2. The molecule has 0 radical (unpaired) electrons. The van der Waals surface area contributed by atoms with Crippen molar-refractivity contribution in [1.29, 1.82) is 0 Å². The Labute approximate surface area is 59.7 Å². The van der Waals surface area contributed by atoms with Gasteiger partial charge in [-0.1, -0.05) is 6.08 Å². The molecule has 0 spiro atoms. The van der Waals surface area contributed by atoms with E-state index in [4.69, 9.17) is 0 Å². The molecule has 0 N–H and O–H groups in total. The average molecular weight is 129 g/mol. The van der Waals surface area contributed by atoms with E-state index in [-0.39, 0.29) is 0 Å². The molecule has 1 nitrogen and oxygen atoms in total. The minimum absolute atomic E-state index is 1.75. The van der Waals surface area contributed by atoms with Crippen LogP contribution in [0.25, 0.3) is 0 Å². The molecule has 0 amide bonds. The zero-order valence-electron chi connectivity index (χ0n) is 7.15. The van der Waals surface area contributed by atoms with Gasteiger partial charge in [-0.25, -0.2) is 0 Å².